The molecule has 1 unspecified atom stereocenters. The zero-order valence-electron chi connectivity index (χ0n) is 11.0. The van der Waals surface area contributed by atoms with Crippen LogP contribution in [0, 0.1) is 11.3 Å². The lowest BCUT2D eigenvalue weighted by Gasteiger charge is -2.42. The Balaban J connectivity index is 3.02. The van der Waals surface area contributed by atoms with Crippen LogP contribution in [-0.4, -0.2) is 29.0 Å². The summed E-state index contributed by atoms with van der Waals surface area (Å²) in [7, 11) is 0. The van der Waals surface area contributed by atoms with Gasteiger partial charge in [0.1, 0.15) is 6.61 Å². The van der Waals surface area contributed by atoms with Crippen LogP contribution in [0.25, 0.3) is 0 Å². The molecule has 0 saturated carbocycles. The van der Waals surface area contributed by atoms with Gasteiger partial charge in [-0.3, -0.25) is 4.79 Å². The second-order valence-electron chi connectivity index (χ2n) is 6.34. The molecular weight excluding hydrogens is 206 g/mol. The topological polar surface area (TPSA) is 46.6 Å². The number of hydrogen-bond acceptors (Lipinski definition) is 3. The standard InChI is InChI=1S/C12H21NO3/c1-11(2,3)8-7-16-10(15)13(9(8)14)12(4,5)6/h8H,7H2,1-6H3. The molecule has 1 aliphatic heterocycles. The number of rotatable bonds is 0. The summed E-state index contributed by atoms with van der Waals surface area (Å²) in [5.74, 6) is -0.388. The van der Waals surface area contributed by atoms with Crippen molar-refractivity contribution in [1.29, 1.82) is 0 Å². The average Bonchev–Trinajstić information content (AvgIpc) is 1.97. The maximum absolute atomic E-state index is 12.3. The normalized spacial score (nSPS) is 23.4. The summed E-state index contributed by atoms with van der Waals surface area (Å²) < 4.78 is 5.09. The van der Waals surface area contributed by atoms with Crippen LogP contribution < -0.4 is 0 Å². The zero-order valence-corrected chi connectivity index (χ0v) is 11.0. The number of nitrogens with zero attached hydrogens (tertiary/aromatic N) is 1. The van der Waals surface area contributed by atoms with Crippen molar-refractivity contribution in [2.75, 3.05) is 6.61 Å². The lowest BCUT2D eigenvalue weighted by molar-refractivity contribution is -0.149. The molecule has 0 bridgehead atoms. The SMILES string of the molecule is CC(C)(C)C1COC(=O)N(C(C)(C)C)C1=O. The minimum Gasteiger partial charge on any atom is -0.448 e. The molecule has 0 aromatic carbocycles. The number of cyclic esters (lactones) is 1. The van der Waals surface area contributed by atoms with Gasteiger partial charge in [0.2, 0.25) is 5.91 Å². The Bertz CT molecular complexity index is 309. The Morgan fingerprint density at radius 1 is 1.12 bits per heavy atom. The van der Waals surface area contributed by atoms with Gasteiger partial charge in [0.05, 0.1) is 5.92 Å². The van der Waals surface area contributed by atoms with Gasteiger partial charge in [-0.05, 0) is 26.2 Å². The van der Waals surface area contributed by atoms with Crippen LogP contribution in [0.3, 0.4) is 0 Å². The first-order chi connectivity index (χ1) is 7.05. The highest BCUT2D eigenvalue weighted by atomic mass is 16.6. The third-order valence-electron chi connectivity index (χ3n) is 2.79. The molecule has 1 rings (SSSR count). The van der Waals surface area contributed by atoms with E-state index in [0.717, 1.165) is 0 Å². The second kappa shape index (κ2) is 3.75. The first-order valence-corrected chi connectivity index (χ1v) is 5.56. The highest BCUT2D eigenvalue weighted by Crippen LogP contribution is 2.33. The van der Waals surface area contributed by atoms with Gasteiger partial charge in [-0.25, -0.2) is 9.69 Å². The molecule has 4 heteroatoms. The number of ether oxygens (including phenoxy) is 1. The van der Waals surface area contributed by atoms with Gasteiger partial charge in [0.15, 0.2) is 0 Å². The van der Waals surface area contributed by atoms with E-state index in [1.54, 1.807) is 0 Å². The average molecular weight is 227 g/mol. The molecule has 0 aliphatic carbocycles. The predicted octanol–water partition coefficient (Wildman–Crippen LogP) is 2.43. The van der Waals surface area contributed by atoms with Crippen LogP contribution in [0.5, 0.6) is 0 Å². The summed E-state index contributed by atoms with van der Waals surface area (Å²) in [6.45, 7) is 11.6. The van der Waals surface area contributed by atoms with Gasteiger partial charge < -0.3 is 4.74 Å². The van der Waals surface area contributed by atoms with E-state index in [9.17, 15) is 9.59 Å². The molecular formula is C12H21NO3. The van der Waals surface area contributed by atoms with Gasteiger partial charge in [-0.2, -0.15) is 0 Å². The monoisotopic (exact) mass is 227 g/mol. The van der Waals surface area contributed by atoms with Crippen LogP contribution in [0.1, 0.15) is 41.5 Å². The van der Waals surface area contributed by atoms with Crippen LogP contribution >= 0.6 is 0 Å². The molecule has 1 heterocycles. The smallest absolute Gasteiger partial charge is 0.417 e. The van der Waals surface area contributed by atoms with Gasteiger partial charge in [-0.15, -0.1) is 0 Å². The van der Waals surface area contributed by atoms with Crippen molar-refractivity contribution in [1.82, 2.24) is 4.90 Å². The van der Waals surface area contributed by atoms with Crippen molar-refractivity contribution in [3.8, 4) is 0 Å². The molecule has 0 N–H and O–H groups in total. The minimum atomic E-state index is -0.530. The molecule has 0 radical (unpaired) electrons. The summed E-state index contributed by atoms with van der Waals surface area (Å²) in [6, 6.07) is 0. The minimum absolute atomic E-state index is 0.128. The Labute approximate surface area is 96.9 Å². The van der Waals surface area contributed by atoms with Gasteiger partial charge in [0.25, 0.3) is 0 Å². The Morgan fingerprint density at radius 2 is 1.62 bits per heavy atom. The van der Waals surface area contributed by atoms with E-state index in [1.165, 1.54) is 4.90 Å². The summed E-state index contributed by atoms with van der Waals surface area (Å²) in [5, 5.41) is 0. The van der Waals surface area contributed by atoms with Crippen molar-refractivity contribution in [2.24, 2.45) is 11.3 Å². The fourth-order valence-corrected chi connectivity index (χ4v) is 1.76. The Morgan fingerprint density at radius 3 is 2.00 bits per heavy atom. The maximum Gasteiger partial charge on any atom is 0.417 e. The molecule has 0 aromatic heterocycles. The van der Waals surface area contributed by atoms with Crippen molar-refractivity contribution < 1.29 is 14.3 Å². The van der Waals surface area contributed by atoms with E-state index in [0.29, 0.717) is 0 Å². The first kappa shape index (κ1) is 13.0. The quantitative estimate of drug-likeness (QED) is 0.638. The van der Waals surface area contributed by atoms with Gasteiger partial charge >= 0.3 is 6.09 Å². The number of carbonyl (C=O) groups is 2. The number of hydrogen-bond donors (Lipinski definition) is 0. The number of carbonyl (C=O) groups excluding carboxylic acids is 2. The summed E-state index contributed by atoms with van der Waals surface area (Å²) in [5.41, 5.74) is -0.723. The molecule has 16 heavy (non-hydrogen) atoms. The fourth-order valence-electron chi connectivity index (χ4n) is 1.76. The molecule has 1 saturated heterocycles. The van der Waals surface area contributed by atoms with E-state index in [-0.39, 0.29) is 23.8 Å². The molecule has 92 valence electrons. The number of imide groups is 1. The third-order valence-corrected chi connectivity index (χ3v) is 2.79. The van der Waals surface area contributed by atoms with Gasteiger partial charge in [-0.1, -0.05) is 20.8 Å². The Kier molecular flexibility index (Phi) is 3.05. The molecule has 1 aliphatic rings. The molecule has 4 nitrogen and oxygen atoms in total. The van der Waals surface area contributed by atoms with E-state index >= 15 is 0 Å². The molecule has 2 amide bonds. The number of amides is 2. The summed E-state index contributed by atoms with van der Waals surface area (Å²) in [4.78, 5) is 25.1. The molecule has 1 atom stereocenters. The lowest BCUT2D eigenvalue weighted by Crippen LogP contribution is -2.58. The van der Waals surface area contributed by atoms with Crippen LogP contribution in [0.15, 0.2) is 0 Å². The molecule has 1 fully saturated rings. The van der Waals surface area contributed by atoms with E-state index in [2.05, 4.69) is 0 Å². The highest BCUT2D eigenvalue weighted by Gasteiger charge is 2.46. The van der Waals surface area contributed by atoms with Gasteiger partial charge in [0, 0.05) is 5.54 Å². The third kappa shape index (κ3) is 2.36. The van der Waals surface area contributed by atoms with Crippen LogP contribution in [0.2, 0.25) is 0 Å². The maximum atomic E-state index is 12.3. The fraction of sp³-hybridized carbons (Fsp3) is 0.833. The van der Waals surface area contributed by atoms with Crippen LogP contribution in [-0.2, 0) is 9.53 Å². The summed E-state index contributed by atoms with van der Waals surface area (Å²) >= 11 is 0. The molecule has 0 aromatic rings. The van der Waals surface area contributed by atoms with E-state index < -0.39 is 11.6 Å². The van der Waals surface area contributed by atoms with Crippen molar-refractivity contribution in [3.05, 3.63) is 0 Å². The van der Waals surface area contributed by atoms with E-state index in [1.807, 2.05) is 41.5 Å². The highest BCUT2D eigenvalue weighted by molar-refractivity contribution is 5.96. The second-order valence-corrected chi connectivity index (χ2v) is 6.34. The largest absolute Gasteiger partial charge is 0.448 e. The van der Waals surface area contributed by atoms with Crippen LogP contribution in [0.4, 0.5) is 4.79 Å². The summed E-state index contributed by atoms with van der Waals surface area (Å²) in [6.07, 6.45) is -0.530. The van der Waals surface area contributed by atoms with Crippen molar-refractivity contribution in [2.45, 2.75) is 47.1 Å². The van der Waals surface area contributed by atoms with E-state index in [4.69, 9.17) is 4.74 Å². The molecule has 0 spiro atoms. The lowest BCUT2D eigenvalue weighted by atomic mass is 9.79. The zero-order chi connectivity index (χ0) is 12.7. The Hall–Kier alpha value is -1.06. The van der Waals surface area contributed by atoms with Crippen molar-refractivity contribution in [3.63, 3.8) is 0 Å². The first-order valence-electron chi connectivity index (χ1n) is 5.56. The van der Waals surface area contributed by atoms with Crippen molar-refractivity contribution >= 4 is 12.0 Å². The predicted molar refractivity (Wildman–Crippen MR) is 60.9 cm³/mol.